The van der Waals surface area contributed by atoms with Gasteiger partial charge in [0.05, 0.1) is 0 Å². The molecule has 0 saturated carbocycles. The molecule has 0 aromatic heterocycles. The molecular weight excluding hydrogens is 162 g/mol. The molecule has 2 heteroatoms. The molecule has 1 N–H and O–H groups in total. The molecule has 68 valence electrons. The third kappa shape index (κ3) is 1.89. The van der Waals surface area contributed by atoms with Gasteiger partial charge in [-0.3, -0.25) is 4.79 Å². The van der Waals surface area contributed by atoms with Crippen LogP contribution in [-0.4, -0.2) is 12.5 Å². The smallest absolute Gasteiger partial charge is 0.220 e. The van der Waals surface area contributed by atoms with Gasteiger partial charge in [-0.2, -0.15) is 0 Å². The molecule has 1 aliphatic heterocycles. The summed E-state index contributed by atoms with van der Waals surface area (Å²) in [5.41, 5.74) is 2.71. The van der Waals surface area contributed by atoms with E-state index in [-0.39, 0.29) is 5.91 Å². The van der Waals surface area contributed by atoms with Gasteiger partial charge in [-0.15, -0.1) is 0 Å². The van der Waals surface area contributed by atoms with E-state index in [1.165, 1.54) is 11.1 Å². The standard InChI is InChI=1S/C11H13NO/c13-11-6-5-9-3-1-2-4-10(9)7-8-12-11/h1-4H,5-8H2,(H,12,13). The number of aryl methyl sites for hydroxylation is 1. The number of hydrogen-bond acceptors (Lipinski definition) is 1. The van der Waals surface area contributed by atoms with Crippen LogP contribution in [-0.2, 0) is 17.6 Å². The Kier molecular flexibility index (Phi) is 2.30. The Morgan fingerprint density at radius 3 is 2.46 bits per heavy atom. The lowest BCUT2D eigenvalue weighted by molar-refractivity contribution is -0.121. The van der Waals surface area contributed by atoms with Crippen LogP contribution in [0, 0.1) is 0 Å². The Morgan fingerprint density at radius 1 is 1.00 bits per heavy atom. The topological polar surface area (TPSA) is 29.1 Å². The van der Waals surface area contributed by atoms with Crippen LogP contribution in [0.1, 0.15) is 17.5 Å². The second-order valence-corrected chi connectivity index (χ2v) is 3.37. The van der Waals surface area contributed by atoms with E-state index in [1.54, 1.807) is 0 Å². The van der Waals surface area contributed by atoms with Crippen molar-refractivity contribution in [3.63, 3.8) is 0 Å². The average Bonchev–Trinajstić information content (AvgIpc) is 2.13. The molecule has 2 nitrogen and oxygen atoms in total. The van der Waals surface area contributed by atoms with Crippen molar-refractivity contribution in [1.29, 1.82) is 0 Å². The van der Waals surface area contributed by atoms with Gasteiger partial charge in [0.25, 0.3) is 0 Å². The quantitative estimate of drug-likeness (QED) is 0.632. The second kappa shape index (κ2) is 3.60. The molecule has 1 aliphatic rings. The van der Waals surface area contributed by atoms with Gasteiger partial charge in [0, 0.05) is 13.0 Å². The van der Waals surface area contributed by atoms with Crippen LogP contribution >= 0.6 is 0 Å². The normalized spacial score (nSPS) is 16.8. The summed E-state index contributed by atoms with van der Waals surface area (Å²) in [5, 5.41) is 2.89. The third-order valence-electron chi connectivity index (χ3n) is 2.46. The van der Waals surface area contributed by atoms with Crippen LogP contribution in [0.15, 0.2) is 24.3 Å². The molecule has 0 bridgehead atoms. The first-order chi connectivity index (χ1) is 6.36. The highest BCUT2D eigenvalue weighted by atomic mass is 16.1. The van der Waals surface area contributed by atoms with Gasteiger partial charge in [-0.05, 0) is 24.0 Å². The van der Waals surface area contributed by atoms with E-state index in [0.29, 0.717) is 6.42 Å². The van der Waals surface area contributed by atoms with E-state index in [2.05, 4.69) is 23.5 Å². The van der Waals surface area contributed by atoms with Crippen LogP contribution < -0.4 is 5.32 Å². The summed E-state index contributed by atoms with van der Waals surface area (Å²) < 4.78 is 0. The molecule has 0 fully saturated rings. The minimum Gasteiger partial charge on any atom is -0.356 e. The van der Waals surface area contributed by atoms with E-state index in [9.17, 15) is 4.79 Å². The fraction of sp³-hybridized carbons (Fsp3) is 0.364. The Bertz CT molecular complexity index is 320. The summed E-state index contributed by atoms with van der Waals surface area (Å²) in [6, 6.07) is 8.36. The molecule has 0 unspecified atom stereocenters. The highest BCUT2D eigenvalue weighted by Crippen LogP contribution is 2.13. The number of benzene rings is 1. The van der Waals surface area contributed by atoms with Crippen LogP contribution in [0.3, 0.4) is 0 Å². The average molecular weight is 175 g/mol. The van der Waals surface area contributed by atoms with Gasteiger partial charge >= 0.3 is 0 Å². The fourth-order valence-corrected chi connectivity index (χ4v) is 1.72. The SMILES string of the molecule is O=C1CCc2ccccc2CCN1. The Hall–Kier alpha value is -1.31. The highest BCUT2D eigenvalue weighted by Gasteiger charge is 2.09. The van der Waals surface area contributed by atoms with E-state index >= 15 is 0 Å². The van der Waals surface area contributed by atoms with Crippen LogP contribution in [0.5, 0.6) is 0 Å². The first-order valence-electron chi connectivity index (χ1n) is 4.70. The van der Waals surface area contributed by atoms with Crippen molar-refractivity contribution < 1.29 is 4.79 Å². The number of carbonyl (C=O) groups excluding carboxylic acids is 1. The van der Waals surface area contributed by atoms with Crippen molar-refractivity contribution in [3.05, 3.63) is 35.4 Å². The first kappa shape index (κ1) is 8.30. The van der Waals surface area contributed by atoms with E-state index in [0.717, 1.165) is 19.4 Å². The summed E-state index contributed by atoms with van der Waals surface area (Å²) in [4.78, 5) is 11.1. The number of fused-ring (bicyclic) bond motifs is 1. The number of rotatable bonds is 0. The molecule has 0 saturated heterocycles. The Balaban J connectivity index is 2.24. The molecule has 1 amide bonds. The number of carbonyl (C=O) groups is 1. The molecular formula is C11H13NO. The monoisotopic (exact) mass is 175 g/mol. The first-order valence-corrected chi connectivity index (χ1v) is 4.70. The second-order valence-electron chi connectivity index (χ2n) is 3.37. The molecule has 0 spiro atoms. The summed E-state index contributed by atoms with van der Waals surface area (Å²) in [6.45, 7) is 0.774. The van der Waals surface area contributed by atoms with Crippen molar-refractivity contribution in [2.45, 2.75) is 19.3 Å². The maximum atomic E-state index is 11.1. The van der Waals surface area contributed by atoms with E-state index in [1.807, 2.05) is 6.07 Å². The van der Waals surface area contributed by atoms with Crippen LogP contribution in [0.4, 0.5) is 0 Å². The fourth-order valence-electron chi connectivity index (χ4n) is 1.72. The van der Waals surface area contributed by atoms with Gasteiger partial charge in [-0.25, -0.2) is 0 Å². The molecule has 0 atom stereocenters. The molecule has 1 aromatic rings. The molecule has 1 heterocycles. The number of nitrogens with one attached hydrogen (secondary N) is 1. The van der Waals surface area contributed by atoms with Crippen molar-refractivity contribution in [1.82, 2.24) is 5.32 Å². The van der Waals surface area contributed by atoms with Gasteiger partial charge in [0.2, 0.25) is 5.91 Å². The molecule has 0 aliphatic carbocycles. The zero-order valence-corrected chi connectivity index (χ0v) is 7.55. The molecule has 1 aromatic carbocycles. The van der Waals surface area contributed by atoms with Crippen molar-refractivity contribution in [3.8, 4) is 0 Å². The zero-order valence-electron chi connectivity index (χ0n) is 7.55. The summed E-state index contributed by atoms with van der Waals surface area (Å²) in [6.07, 6.45) is 2.46. The van der Waals surface area contributed by atoms with E-state index < -0.39 is 0 Å². The molecule has 0 radical (unpaired) electrons. The van der Waals surface area contributed by atoms with Crippen LogP contribution in [0.25, 0.3) is 0 Å². The third-order valence-corrected chi connectivity index (χ3v) is 2.46. The number of hydrogen-bond donors (Lipinski definition) is 1. The predicted molar refractivity (Wildman–Crippen MR) is 51.5 cm³/mol. The summed E-state index contributed by atoms with van der Waals surface area (Å²) in [5.74, 6) is 0.175. The predicted octanol–water partition coefficient (Wildman–Crippen LogP) is 1.29. The summed E-state index contributed by atoms with van der Waals surface area (Å²) >= 11 is 0. The lowest BCUT2D eigenvalue weighted by atomic mass is 9.99. The maximum Gasteiger partial charge on any atom is 0.220 e. The molecule has 13 heavy (non-hydrogen) atoms. The van der Waals surface area contributed by atoms with Crippen molar-refractivity contribution >= 4 is 5.91 Å². The zero-order chi connectivity index (χ0) is 9.10. The lowest BCUT2D eigenvalue weighted by Gasteiger charge is -2.13. The van der Waals surface area contributed by atoms with Crippen molar-refractivity contribution in [2.75, 3.05) is 6.54 Å². The lowest BCUT2D eigenvalue weighted by Crippen LogP contribution is -2.28. The van der Waals surface area contributed by atoms with Crippen molar-refractivity contribution in [2.24, 2.45) is 0 Å². The minimum absolute atomic E-state index is 0.175. The van der Waals surface area contributed by atoms with E-state index in [4.69, 9.17) is 0 Å². The van der Waals surface area contributed by atoms with Gasteiger partial charge < -0.3 is 5.32 Å². The maximum absolute atomic E-state index is 11.1. The number of amides is 1. The highest BCUT2D eigenvalue weighted by molar-refractivity contribution is 5.76. The van der Waals surface area contributed by atoms with Gasteiger partial charge in [0.1, 0.15) is 0 Å². The van der Waals surface area contributed by atoms with Gasteiger partial charge in [-0.1, -0.05) is 24.3 Å². The van der Waals surface area contributed by atoms with Crippen LogP contribution in [0.2, 0.25) is 0 Å². The summed E-state index contributed by atoms with van der Waals surface area (Å²) in [7, 11) is 0. The largest absolute Gasteiger partial charge is 0.356 e. The minimum atomic E-state index is 0.175. The Morgan fingerprint density at radius 2 is 1.69 bits per heavy atom. The van der Waals surface area contributed by atoms with Gasteiger partial charge in [0.15, 0.2) is 0 Å². The molecule has 2 rings (SSSR count). The Labute approximate surface area is 78.0 Å².